The van der Waals surface area contributed by atoms with Crippen molar-refractivity contribution in [1.29, 1.82) is 0 Å². The van der Waals surface area contributed by atoms with Crippen LogP contribution in [0.5, 0.6) is 5.75 Å². The summed E-state index contributed by atoms with van der Waals surface area (Å²) in [5.41, 5.74) is 3.20. The van der Waals surface area contributed by atoms with Crippen LogP contribution in [0.4, 0.5) is 0 Å². The predicted molar refractivity (Wildman–Crippen MR) is 89.2 cm³/mol. The number of hydrogen-bond acceptors (Lipinski definition) is 3. The summed E-state index contributed by atoms with van der Waals surface area (Å²) in [7, 11) is 1.64. The maximum absolute atomic E-state index is 12.9. The van der Waals surface area contributed by atoms with Crippen molar-refractivity contribution in [1.82, 2.24) is 4.90 Å². The molecule has 1 amide bonds. The molecule has 124 valence electrons. The minimum absolute atomic E-state index is 0.0752. The van der Waals surface area contributed by atoms with Crippen LogP contribution in [0.3, 0.4) is 0 Å². The number of likely N-dealkylation sites (tertiary alicyclic amines) is 1. The molecule has 2 atom stereocenters. The van der Waals surface area contributed by atoms with E-state index >= 15 is 0 Å². The van der Waals surface area contributed by atoms with E-state index in [2.05, 4.69) is 0 Å². The van der Waals surface area contributed by atoms with Crippen LogP contribution in [0.25, 0.3) is 0 Å². The molecule has 1 aromatic carbocycles. The maximum atomic E-state index is 12.9. The molecule has 2 unspecified atom stereocenters. The van der Waals surface area contributed by atoms with Gasteiger partial charge < -0.3 is 14.7 Å². The summed E-state index contributed by atoms with van der Waals surface area (Å²) in [6, 6.07) is 7.71. The van der Waals surface area contributed by atoms with Crippen LogP contribution in [0.1, 0.15) is 50.6 Å². The number of β-amino-alcohol motifs (C(OH)–C–C–N with tert-alkyl or cyclic N) is 1. The van der Waals surface area contributed by atoms with Crippen molar-refractivity contribution in [2.24, 2.45) is 0 Å². The normalized spacial score (nSPS) is 24.1. The van der Waals surface area contributed by atoms with E-state index in [1.165, 1.54) is 18.4 Å². The first-order valence-corrected chi connectivity index (χ1v) is 8.41. The highest BCUT2D eigenvalue weighted by Gasteiger charge is 2.36. The zero-order valence-corrected chi connectivity index (χ0v) is 13.9. The van der Waals surface area contributed by atoms with Gasteiger partial charge in [0.1, 0.15) is 5.75 Å². The number of benzene rings is 1. The van der Waals surface area contributed by atoms with Crippen LogP contribution in [-0.4, -0.2) is 35.7 Å². The fourth-order valence-electron chi connectivity index (χ4n) is 3.75. The van der Waals surface area contributed by atoms with Gasteiger partial charge in [-0.25, -0.2) is 0 Å². The highest BCUT2D eigenvalue weighted by molar-refractivity contribution is 5.94. The number of amides is 1. The van der Waals surface area contributed by atoms with E-state index in [0.717, 1.165) is 29.7 Å². The second-order valence-electron chi connectivity index (χ2n) is 6.58. The summed E-state index contributed by atoms with van der Waals surface area (Å²) in [4.78, 5) is 14.8. The molecular weight excluding hydrogens is 290 g/mol. The molecule has 3 rings (SSSR count). The first-order chi connectivity index (χ1) is 11.1. The van der Waals surface area contributed by atoms with Crippen molar-refractivity contribution < 1.29 is 14.6 Å². The van der Waals surface area contributed by atoms with Gasteiger partial charge in [0.05, 0.1) is 19.3 Å². The number of hydrogen-bond donors (Lipinski definition) is 1. The first-order valence-electron chi connectivity index (χ1n) is 8.41. The lowest BCUT2D eigenvalue weighted by molar-refractivity contribution is -0.128. The molecule has 1 heterocycles. The Hall–Kier alpha value is -1.81. The SMILES string of the molecule is COc1cccc(C2CC(O)CN2C(=O)C(C)=C2CCCC2)c1. The minimum Gasteiger partial charge on any atom is -0.497 e. The quantitative estimate of drug-likeness (QED) is 0.871. The number of ether oxygens (including phenoxy) is 1. The molecule has 23 heavy (non-hydrogen) atoms. The van der Waals surface area contributed by atoms with E-state index in [1.54, 1.807) is 7.11 Å². The predicted octanol–water partition coefficient (Wildman–Crippen LogP) is 3.22. The van der Waals surface area contributed by atoms with Gasteiger partial charge in [0, 0.05) is 12.1 Å². The third kappa shape index (κ3) is 3.27. The van der Waals surface area contributed by atoms with Gasteiger partial charge in [-0.2, -0.15) is 0 Å². The van der Waals surface area contributed by atoms with Crippen molar-refractivity contribution in [2.45, 2.75) is 51.2 Å². The number of carbonyl (C=O) groups is 1. The Bertz CT molecular complexity index is 615. The second-order valence-corrected chi connectivity index (χ2v) is 6.58. The topological polar surface area (TPSA) is 49.8 Å². The molecule has 4 heteroatoms. The van der Waals surface area contributed by atoms with Gasteiger partial charge in [-0.3, -0.25) is 4.79 Å². The van der Waals surface area contributed by atoms with Gasteiger partial charge in [0.2, 0.25) is 5.91 Å². The summed E-state index contributed by atoms with van der Waals surface area (Å²) < 4.78 is 5.29. The first kappa shape index (κ1) is 16.1. The number of aliphatic hydroxyl groups is 1. The maximum Gasteiger partial charge on any atom is 0.250 e. The van der Waals surface area contributed by atoms with Gasteiger partial charge >= 0.3 is 0 Å². The Labute approximate surface area is 137 Å². The Kier molecular flexibility index (Phi) is 4.71. The number of rotatable bonds is 3. The summed E-state index contributed by atoms with van der Waals surface area (Å²) in [6.07, 6.45) is 4.57. The van der Waals surface area contributed by atoms with E-state index in [0.29, 0.717) is 13.0 Å². The highest BCUT2D eigenvalue weighted by Crippen LogP contribution is 2.36. The fourth-order valence-corrected chi connectivity index (χ4v) is 3.75. The molecule has 2 aliphatic rings. The summed E-state index contributed by atoms with van der Waals surface area (Å²) >= 11 is 0. The average Bonchev–Trinajstić information content (AvgIpc) is 3.23. The van der Waals surface area contributed by atoms with Crippen LogP contribution >= 0.6 is 0 Å². The van der Waals surface area contributed by atoms with Crippen molar-refractivity contribution in [3.8, 4) is 5.75 Å². The number of allylic oxidation sites excluding steroid dienone is 1. The number of aliphatic hydroxyl groups excluding tert-OH is 1. The summed E-state index contributed by atoms with van der Waals surface area (Å²) in [5, 5.41) is 10.1. The summed E-state index contributed by atoms with van der Waals surface area (Å²) in [6.45, 7) is 2.35. The third-order valence-electron chi connectivity index (χ3n) is 5.08. The molecular formula is C19H25NO3. The smallest absolute Gasteiger partial charge is 0.250 e. The zero-order chi connectivity index (χ0) is 16.4. The standard InChI is InChI=1S/C19H25NO3/c1-13(14-6-3-4-7-14)19(22)20-12-16(21)11-18(20)15-8-5-9-17(10-15)23-2/h5,8-10,16,18,21H,3-4,6-7,11-12H2,1-2H3. The van der Waals surface area contributed by atoms with Crippen molar-refractivity contribution >= 4 is 5.91 Å². The molecule has 0 bridgehead atoms. The van der Waals surface area contributed by atoms with Gasteiger partial charge in [-0.1, -0.05) is 17.7 Å². The number of carbonyl (C=O) groups excluding carboxylic acids is 1. The average molecular weight is 315 g/mol. The lowest BCUT2D eigenvalue weighted by Crippen LogP contribution is -2.32. The molecule has 4 nitrogen and oxygen atoms in total. The molecule has 1 aromatic rings. The van der Waals surface area contributed by atoms with Crippen molar-refractivity contribution in [3.63, 3.8) is 0 Å². The van der Waals surface area contributed by atoms with E-state index in [1.807, 2.05) is 36.1 Å². The lowest BCUT2D eigenvalue weighted by Gasteiger charge is -2.26. The van der Waals surface area contributed by atoms with Crippen LogP contribution in [0.2, 0.25) is 0 Å². The van der Waals surface area contributed by atoms with Crippen molar-refractivity contribution in [3.05, 3.63) is 41.0 Å². The molecule has 2 fully saturated rings. The van der Waals surface area contributed by atoms with Gasteiger partial charge in [0.15, 0.2) is 0 Å². The van der Waals surface area contributed by atoms with E-state index in [4.69, 9.17) is 4.74 Å². The zero-order valence-electron chi connectivity index (χ0n) is 13.9. The lowest BCUT2D eigenvalue weighted by atomic mass is 10.0. The third-order valence-corrected chi connectivity index (χ3v) is 5.08. The van der Waals surface area contributed by atoms with Gasteiger partial charge in [0.25, 0.3) is 0 Å². The van der Waals surface area contributed by atoms with E-state index < -0.39 is 6.10 Å². The highest BCUT2D eigenvalue weighted by atomic mass is 16.5. The number of nitrogens with zero attached hydrogens (tertiary/aromatic N) is 1. The van der Waals surface area contributed by atoms with Crippen LogP contribution < -0.4 is 4.74 Å². The van der Waals surface area contributed by atoms with Crippen molar-refractivity contribution in [2.75, 3.05) is 13.7 Å². The van der Waals surface area contributed by atoms with Crippen LogP contribution in [-0.2, 0) is 4.79 Å². The second kappa shape index (κ2) is 6.75. The molecule has 1 saturated carbocycles. The molecule has 1 saturated heterocycles. The Morgan fingerprint density at radius 3 is 2.74 bits per heavy atom. The van der Waals surface area contributed by atoms with E-state index in [-0.39, 0.29) is 11.9 Å². The fraction of sp³-hybridized carbons (Fsp3) is 0.526. The van der Waals surface area contributed by atoms with Gasteiger partial charge in [-0.15, -0.1) is 0 Å². The molecule has 1 aliphatic carbocycles. The van der Waals surface area contributed by atoms with Gasteiger partial charge in [-0.05, 0) is 56.7 Å². The molecule has 1 N–H and O–H groups in total. The molecule has 0 spiro atoms. The van der Waals surface area contributed by atoms with Crippen LogP contribution in [0, 0.1) is 0 Å². The Morgan fingerprint density at radius 2 is 2.04 bits per heavy atom. The Morgan fingerprint density at radius 1 is 1.30 bits per heavy atom. The van der Waals surface area contributed by atoms with Crippen LogP contribution in [0.15, 0.2) is 35.4 Å². The Balaban J connectivity index is 1.87. The number of methoxy groups -OCH3 is 1. The van der Waals surface area contributed by atoms with E-state index in [9.17, 15) is 9.90 Å². The minimum atomic E-state index is -0.462. The molecule has 0 radical (unpaired) electrons. The molecule has 1 aliphatic heterocycles. The molecule has 0 aromatic heterocycles. The largest absolute Gasteiger partial charge is 0.497 e. The monoisotopic (exact) mass is 315 g/mol. The summed E-state index contributed by atoms with van der Waals surface area (Å²) in [5.74, 6) is 0.855.